The maximum absolute atomic E-state index is 12.7. The molecule has 4 amide bonds. The van der Waals surface area contributed by atoms with Gasteiger partial charge in [-0.25, -0.2) is 0 Å². The van der Waals surface area contributed by atoms with Crippen molar-refractivity contribution in [1.82, 2.24) is 9.80 Å². The molecule has 6 rings (SSSR count). The largest absolute Gasteiger partial charge is 0.469 e. The van der Waals surface area contributed by atoms with E-state index in [9.17, 15) is 28.8 Å². The number of benzene rings is 2. The Bertz CT molecular complexity index is 2240. The Balaban J connectivity index is 0.000000230. The standard InChI is InChI=1S/C23H29NO5SSi.C14H24O3SSi.C9H6BrNO2/c1-23(2,3)31(5,6)29-14-15-11-12-19(30-15)18(22(27)28-4)13-24-20(25)16-9-7-8-10-17(16)21(24)26;1-14(2,3)19(5,6)17-10-12-8-7-11(18-12)9-13(15)16-4;10-5-11-8(12)6-3-1-2-4-7(6)9(11)13/h7-12,18H,13-14H2,1-6H3;7-8H,9-10H2,1-6H3;1-4H,5H2. The minimum atomic E-state index is -1.90. The van der Waals surface area contributed by atoms with Crippen molar-refractivity contribution < 1.29 is 47.1 Å². The second kappa shape index (κ2) is 21.3. The van der Waals surface area contributed by atoms with E-state index in [1.54, 1.807) is 59.9 Å². The zero-order valence-corrected chi connectivity index (χ0v) is 43.4. The highest BCUT2D eigenvalue weighted by Gasteiger charge is 2.40. The van der Waals surface area contributed by atoms with Crippen molar-refractivity contribution in [3.63, 3.8) is 0 Å². The Morgan fingerprint density at radius 3 is 1.40 bits per heavy atom. The van der Waals surface area contributed by atoms with E-state index in [0.29, 0.717) is 41.9 Å². The van der Waals surface area contributed by atoms with Gasteiger partial charge in [0.2, 0.25) is 0 Å². The zero-order valence-electron chi connectivity index (χ0n) is 38.2. The van der Waals surface area contributed by atoms with Gasteiger partial charge in [-0.2, -0.15) is 0 Å². The minimum absolute atomic E-state index is 0.0535. The summed E-state index contributed by atoms with van der Waals surface area (Å²) in [6.45, 7) is 23.2. The van der Waals surface area contributed by atoms with E-state index >= 15 is 0 Å². The SMILES string of the molecule is COC(=O)C(CN1C(=O)c2ccccc2C1=O)c1ccc(CO[Si](C)(C)C(C)(C)C)s1.COC(=O)Cc1ccc(CO[Si](C)(C)C(C)(C)C)s1.O=C1c2ccccc2C(=O)N1CBr. The molecule has 0 aliphatic carbocycles. The monoisotopic (exact) mass is 998 g/mol. The number of carbonyl (C=O) groups is 6. The van der Waals surface area contributed by atoms with Crippen molar-refractivity contribution >= 4 is 90.8 Å². The minimum Gasteiger partial charge on any atom is -0.469 e. The molecule has 4 heterocycles. The lowest BCUT2D eigenvalue weighted by atomic mass is 10.1. The normalized spacial score (nSPS) is 14.4. The van der Waals surface area contributed by atoms with Crippen molar-refractivity contribution in [1.29, 1.82) is 0 Å². The first-order valence-electron chi connectivity index (χ1n) is 20.4. The molecule has 2 aromatic heterocycles. The van der Waals surface area contributed by atoms with Gasteiger partial charge in [0, 0.05) is 26.1 Å². The van der Waals surface area contributed by atoms with E-state index in [1.165, 1.54) is 35.3 Å². The fourth-order valence-corrected chi connectivity index (χ4v) is 10.2. The summed E-state index contributed by atoms with van der Waals surface area (Å²) >= 11 is 6.18. The topological polar surface area (TPSA) is 146 Å². The molecule has 2 aliphatic rings. The summed E-state index contributed by atoms with van der Waals surface area (Å²) in [5, 5.41) is 0.326. The molecule has 0 spiro atoms. The first-order valence-corrected chi connectivity index (χ1v) is 29.0. The van der Waals surface area contributed by atoms with Gasteiger partial charge >= 0.3 is 11.9 Å². The van der Waals surface area contributed by atoms with Crippen LogP contribution >= 0.6 is 38.6 Å². The molecule has 0 radical (unpaired) electrons. The van der Waals surface area contributed by atoms with Crippen LogP contribution in [0.25, 0.3) is 0 Å². The molecule has 4 aromatic rings. The first-order chi connectivity index (χ1) is 29.4. The maximum Gasteiger partial charge on any atom is 0.315 e. The fraction of sp³-hybridized carbons (Fsp3) is 0.435. The lowest BCUT2D eigenvalue weighted by Gasteiger charge is -2.36. The summed E-state index contributed by atoms with van der Waals surface area (Å²) in [4.78, 5) is 78.5. The first kappa shape index (κ1) is 51.5. The molecule has 63 heavy (non-hydrogen) atoms. The summed E-state index contributed by atoms with van der Waals surface area (Å²) in [5.74, 6) is -2.62. The van der Waals surface area contributed by atoms with Crippen LogP contribution in [0.2, 0.25) is 36.3 Å². The molecule has 17 heteroatoms. The summed E-state index contributed by atoms with van der Waals surface area (Å²) in [6.07, 6.45) is 0.348. The highest BCUT2D eigenvalue weighted by Crippen LogP contribution is 2.39. The second-order valence-corrected chi connectivity index (χ2v) is 30.6. The van der Waals surface area contributed by atoms with Crippen molar-refractivity contribution in [2.45, 2.75) is 103 Å². The van der Waals surface area contributed by atoms with Crippen LogP contribution in [0.1, 0.15) is 108 Å². The molecule has 0 bridgehead atoms. The van der Waals surface area contributed by atoms with E-state index in [2.05, 4.69) is 88.4 Å². The number of ether oxygens (including phenoxy) is 2. The number of thiophene rings is 2. The summed E-state index contributed by atoms with van der Waals surface area (Å²) < 4.78 is 22.1. The molecule has 0 saturated carbocycles. The Morgan fingerprint density at radius 2 is 1.00 bits per heavy atom. The van der Waals surface area contributed by atoms with Crippen LogP contribution in [0.5, 0.6) is 0 Å². The molecular weight excluding hydrogens is 941 g/mol. The lowest BCUT2D eigenvalue weighted by Crippen LogP contribution is -2.40. The molecule has 0 saturated heterocycles. The number of imide groups is 2. The number of hydrogen-bond acceptors (Lipinski definition) is 12. The number of nitrogens with zero attached hydrogens (tertiary/aromatic N) is 2. The van der Waals surface area contributed by atoms with Gasteiger partial charge in [-0.3, -0.25) is 38.6 Å². The van der Waals surface area contributed by atoms with Crippen molar-refractivity contribution in [2.75, 3.05) is 26.2 Å². The molecular formula is C46H59BrN2O10S2Si2. The van der Waals surface area contributed by atoms with Gasteiger partial charge in [0.25, 0.3) is 23.6 Å². The number of carbonyl (C=O) groups excluding carboxylic acids is 6. The van der Waals surface area contributed by atoms with Crippen LogP contribution in [0.4, 0.5) is 0 Å². The number of amides is 4. The van der Waals surface area contributed by atoms with Crippen LogP contribution in [0.3, 0.4) is 0 Å². The zero-order chi connectivity index (χ0) is 47.1. The van der Waals surface area contributed by atoms with E-state index < -0.39 is 28.5 Å². The lowest BCUT2D eigenvalue weighted by molar-refractivity contribution is -0.142. The predicted molar refractivity (Wildman–Crippen MR) is 256 cm³/mol. The maximum atomic E-state index is 12.7. The van der Waals surface area contributed by atoms with Gasteiger partial charge in [0.15, 0.2) is 16.6 Å². The van der Waals surface area contributed by atoms with Crippen LogP contribution in [-0.2, 0) is 47.5 Å². The molecule has 0 fully saturated rings. The third kappa shape index (κ3) is 12.6. The third-order valence-corrected chi connectivity index (χ3v) is 23.5. The highest BCUT2D eigenvalue weighted by atomic mass is 79.9. The van der Waals surface area contributed by atoms with Crippen LogP contribution < -0.4 is 0 Å². The van der Waals surface area contributed by atoms with Crippen LogP contribution in [-0.4, -0.2) is 88.2 Å². The number of hydrogen-bond donors (Lipinski definition) is 0. The summed E-state index contributed by atoms with van der Waals surface area (Å²) in [5.41, 5.74) is 1.97. The average molecular weight is 1000 g/mol. The van der Waals surface area contributed by atoms with Crippen molar-refractivity contribution in [3.05, 3.63) is 115 Å². The van der Waals surface area contributed by atoms with Crippen LogP contribution in [0, 0.1) is 0 Å². The van der Waals surface area contributed by atoms with Crippen molar-refractivity contribution in [2.24, 2.45) is 0 Å². The smallest absolute Gasteiger partial charge is 0.315 e. The number of methoxy groups -OCH3 is 2. The Labute approximate surface area is 389 Å². The Hall–Kier alpha value is -4.11. The molecule has 0 N–H and O–H groups in total. The molecule has 12 nitrogen and oxygen atoms in total. The summed E-state index contributed by atoms with van der Waals surface area (Å²) in [6, 6.07) is 21.3. The third-order valence-electron chi connectivity index (χ3n) is 11.8. The number of halogens is 1. The highest BCUT2D eigenvalue weighted by molar-refractivity contribution is 9.09. The van der Waals surface area contributed by atoms with Gasteiger partial charge in [0.05, 0.1) is 61.6 Å². The van der Waals surface area contributed by atoms with Crippen LogP contribution in [0.15, 0.2) is 72.8 Å². The fourth-order valence-electron chi connectivity index (χ4n) is 5.76. The molecule has 1 unspecified atom stereocenters. The number of fused-ring (bicyclic) bond motifs is 2. The van der Waals surface area contributed by atoms with E-state index in [0.717, 1.165) is 19.5 Å². The van der Waals surface area contributed by atoms with E-state index in [1.807, 2.05) is 24.3 Å². The second-order valence-electron chi connectivity index (χ2n) is 18.1. The Morgan fingerprint density at radius 1 is 0.603 bits per heavy atom. The summed E-state index contributed by atoms with van der Waals surface area (Å²) in [7, 11) is -0.877. The number of esters is 2. The van der Waals surface area contributed by atoms with Gasteiger partial charge < -0.3 is 18.3 Å². The van der Waals surface area contributed by atoms with Gasteiger partial charge in [-0.15, -0.1) is 22.7 Å². The number of rotatable bonds is 13. The van der Waals surface area contributed by atoms with Gasteiger partial charge in [0.1, 0.15) is 5.92 Å². The molecule has 1 atom stereocenters. The Kier molecular flexibility index (Phi) is 17.4. The van der Waals surface area contributed by atoms with E-state index in [-0.39, 0.29) is 51.7 Å². The quantitative estimate of drug-likeness (QED) is 0.0417. The van der Waals surface area contributed by atoms with Gasteiger partial charge in [-0.05, 0) is 84.8 Å². The van der Waals surface area contributed by atoms with Gasteiger partial charge in [-0.1, -0.05) is 81.7 Å². The van der Waals surface area contributed by atoms with E-state index in [4.69, 9.17) is 13.6 Å². The molecule has 2 aromatic carbocycles. The average Bonchev–Trinajstić information content (AvgIpc) is 4.00. The predicted octanol–water partition coefficient (Wildman–Crippen LogP) is 10.4. The molecule has 340 valence electrons. The van der Waals surface area contributed by atoms with Crippen molar-refractivity contribution in [3.8, 4) is 0 Å². The number of alkyl halides is 1. The molecule has 2 aliphatic heterocycles.